The van der Waals surface area contributed by atoms with Gasteiger partial charge in [-0.25, -0.2) is 0 Å². The molecule has 0 bridgehead atoms. The van der Waals surface area contributed by atoms with Gasteiger partial charge in [0.15, 0.2) is 5.60 Å². The summed E-state index contributed by atoms with van der Waals surface area (Å²) in [6, 6.07) is 16.4. The van der Waals surface area contributed by atoms with E-state index in [9.17, 15) is 9.90 Å². The quantitative estimate of drug-likeness (QED) is 0.732. The van der Waals surface area contributed by atoms with E-state index in [4.69, 9.17) is 0 Å². The van der Waals surface area contributed by atoms with Crippen LogP contribution in [0, 0.1) is 0 Å². The SMILES string of the molecule is CCCCn1cc(CN2C(=O)C(O)(c3ccccc3)c3ccccc32)nn1. The van der Waals surface area contributed by atoms with Gasteiger partial charge in [-0.1, -0.05) is 67.1 Å². The number of fused-ring (bicyclic) bond motifs is 1. The number of anilines is 1. The molecule has 2 heterocycles. The number of para-hydroxylation sites is 1. The number of nitrogens with zero attached hydrogens (tertiary/aromatic N) is 4. The molecule has 2 aromatic carbocycles. The first kappa shape index (κ1) is 17.4. The average molecular weight is 362 g/mol. The number of unbranched alkanes of at least 4 members (excludes halogenated alkanes) is 1. The third-order valence-corrected chi connectivity index (χ3v) is 4.98. The van der Waals surface area contributed by atoms with Gasteiger partial charge in [0.1, 0.15) is 5.69 Å². The number of carbonyl (C=O) groups is 1. The summed E-state index contributed by atoms with van der Waals surface area (Å²) in [4.78, 5) is 14.9. The first-order valence-electron chi connectivity index (χ1n) is 9.23. The van der Waals surface area contributed by atoms with Crippen molar-refractivity contribution in [2.45, 2.75) is 38.5 Å². The minimum Gasteiger partial charge on any atom is -0.372 e. The molecule has 1 aromatic heterocycles. The number of hydrogen-bond acceptors (Lipinski definition) is 4. The van der Waals surface area contributed by atoms with Gasteiger partial charge in [0.05, 0.1) is 18.4 Å². The van der Waals surface area contributed by atoms with Gasteiger partial charge in [-0.05, 0) is 18.1 Å². The third kappa shape index (κ3) is 2.92. The number of aromatic nitrogens is 3. The highest BCUT2D eigenvalue weighted by Gasteiger charge is 2.50. The van der Waals surface area contributed by atoms with Crippen molar-refractivity contribution in [1.29, 1.82) is 0 Å². The predicted molar refractivity (Wildman–Crippen MR) is 102 cm³/mol. The highest BCUT2D eigenvalue weighted by atomic mass is 16.3. The second-order valence-electron chi connectivity index (χ2n) is 6.81. The normalized spacial score (nSPS) is 18.7. The van der Waals surface area contributed by atoms with Gasteiger partial charge in [-0.15, -0.1) is 5.10 Å². The Balaban J connectivity index is 1.69. The standard InChI is InChI=1S/C21H22N4O2/c1-2-3-13-24-14-17(22-23-24)15-25-19-12-8-7-11-18(19)21(27,20(25)26)16-9-5-4-6-10-16/h4-12,14,27H,2-3,13,15H2,1H3. The van der Waals surface area contributed by atoms with E-state index in [0.717, 1.165) is 19.4 Å². The van der Waals surface area contributed by atoms with Crippen LogP contribution in [0.4, 0.5) is 5.69 Å². The third-order valence-electron chi connectivity index (χ3n) is 4.98. The van der Waals surface area contributed by atoms with Crippen molar-refractivity contribution in [1.82, 2.24) is 15.0 Å². The van der Waals surface area contributed by atoms with Gasteiger partial charge >= 0.3 is 0 Å². The maximum atomic E-state index is 13.3. The molecule has 1 amide bonds. The highest BCUT2D eigenvalue weighted by molar-refractivity contribution is 6.08. The van der Waals surface area contributed by atoms with Crippen molar-refractivity contribution in [3.8, 4) is 0 Å². The van der Waals surface area contributed by atoms with Gasteiger partial charge in [-0.2, -0.15) is 0 Å². The van der Waals surface area contributed by atoms with E-state index in [1.54, 1.807) is 27.8 Å². The lowest BCUT2D eigenvalue weighted by Gasteiger charge is -2.23. The number of carbonyl (C=O) groups excluding carboxylic acids is 1. The number of hydrogen-bond donors (Lipinski definition) is 1. The fourth-order valence-electron chi connectivity index (χ4n) is 3.55. The summed E-state index contributed by atoms with van der Waals surface area (Å²) < 4.78 is 1.80. The van der Waals surface area contributed by atoms with Crippen molar-refractivity contribution < 1.29 is 9.90 Å². The first-order chi connectivity index (χ1) is 13.1. The fourth-order valence-corrected chi connectivity index (χ4v) is 3.55. The van der Waals surface area contributed by atoms with Crippen LogP contribution in [0.5, 0.6) is 0 Å². The fraction of sp³-hybridized carbons (Fsp3) is 0.286. The van der Waals surface area contributed by atoms with Crippen LogP contribution in [0.2, 0.25) is 0 Å². The number of amides is 1. The smallest absolute Gasteiger partial charge is 0.268 e. The topological polar surface area (TPSA) is 71.2 Å². The molecule has 1 atom stereocenters. The molecule has 4 rings (SSSR count). The molecule has 0 saturated heterocycles. The summed E-state index contributed by atoms with van der Waals surface area (Å²) in [6.45, 7) is 3.21. The number of aryl methyl sites for hydroxylation is 1. The summed E-state index contributed by atoms with van der Waals surface area (Å²) in [5.74, 6) is -0.363. The first-order valence-corrected chi connectivity index (χ1v) is 9.23. The maximum absolute atomic E-state index is 13.3. The van der Waals surface area contributed by atoms with E-state index >= 15 is 0 Å². The van der Waals surface area contributed by atoms with E-state index < -0.39 is 5.60 Å². The molecule has 3 aromatic rings. The maximum Gasteiger partial charge on any atom is 0.268 e. The molecule has 27 heavy (non-hydrogen) atoms. The monoisotopic (exact) mass is 362 g/mol. The molecule has 1 N–H and O–H groups in total. The predicted octanol–water partition coefficient (Wildman–Crippen LogP) is 2.86. The van der Waals surface area contributed by atoms with Crippen LogP contribution in [0.1, 0.15) is 36.6 Å². The van der Waals surface area contributed by atoms with E-state index in [1.807, 2.05) is 42.6 Å². The highest BCUT2D eigenvalue weighted by Crippen LogP contribution is 2.44. The van der Waals surface area contributed by atoms with Gasteiger partial charge < -0.3 is 10.0 Å². The second-order valence-corrected chi connectivity index (χ2v) is 6.81. The van der Waals surface area contributed by atoms with Crippen LogP contribution < -0.4 is 4.90 Å². The van der Waals surface area contributed by atoms with Gasteiger partial charge in [0, 0.05) is 12.1 Å². The van der Waals surface area contributed by atoms with Crippen molar-refractivity contribution in [2.75, 3.05) is 4.90 Å². The van der Waals surface area contributed by atoms with Crippen molar-refractivity contribution >= 4 is 11.6 Å². The Kier molecular flexibility index (Phi) is 4.49. The van der Waals surface area contributed by atoms with E-state index in [-0.39, 0.29) is 12.5 Å². The van der Waals surface area contributed by atoms with Gasteiger partial charge in [0.25, 0.3) is 5.91 Å². The summed E-state index contributed by atoms with van der Waals surface area (Å²) >= 11 is 0. The lowest BCUT2D eigenvalue weighted by atomic mass is 9.88. The molecule has 0 aliphatic carbocycles. The number of benzene rings is 2. The molecule has 0 fully saturated rings. The van der Waals surface area contributed by atoms with Crippen LogP contribution in [0.3, 0.4) is 0 Å². The summed E-state index contributed by atoms with van der Waals surface area (Å²) in [6.07, 6.45) is 3.98. The summed E-state index contributed by atoms with van der Waals surface area (Å²) in [5, 5.41) is 19.8. The summed E-state index contributed by atoms with van der Waals surface area (Å²) in [7, 11) is 0. The number of aliphatic hydroxyl groups is 1. The lowest BCUT2D eigenvalue weighted by Crippen LogP contribution is -2.40. The molecule has 6 heteroatoms. The molecular formula is C21H22N4O2. The van der Waals surface area contributed by atoms with E-state index in [0.29, 0.717) is 22.5 Å². The lowest BCUT2D eigenvalue weighted by molar-refractivity contribution is -0.132. The molecule has 0 saturated carbocycles. The van der Waals surface area contributed by atoms with Crippen LogP contribution in [-0.2, 0) is 23.5 Å². The summed E-state index contributed by atoms with van der Waals surface area (Å²) in [5.41, 5.74) is 0.885. The molecule has 6 nitrogen and oxygen atoms in total. The largest absolute Gasteiger partial charge is 0.372 e. The average Bonchev–Trinajstić information content (AvgIpc) is 3.25. The van der Waals surface area contributed by atoms with Crippen LogP contribution in [-0.4, -0.2) is 26.0 Å². The molecule has 0 spiro atoms. The van der Waals surface area contributed by atoms with E-state index in [1.165, 1.54) is 0 Å². The Hall–Kier alpha value is -2.99. The molecule has 1 aliphatic rings. The van der Waals surface area contributed by atoms with Crippen LogP contribution in [0.15, 0.2) is 60.8 Å². The minimum atomic E-state index is -1.68. The second kappa shape index (κ2) is 6.96. The van der Waals surface area contributed by atoms with E-state index in [2.05, 4.69) is 17.2 Å². The molecule has 1 unspecified atom stereocenters. The molecular weight excluding hydrogens is 340 g/mol. The Bertz CT molecular complexity index is 954. The van der Waals surface area contributed by atoms with Crippen LogP contribution >= 0.6 is 0 Å². The van der Waals surface area contributed by atoms with Crippen molar-refractivity contribution in [2.24, 2.45) is 0 Å². The Morgan fingerprint density at radius 3 is 2.59 bits per heavy atom. The Labute approximate surface area is 158 Å². The zero-order valence-electron chi connectivity index (χ0n) is 15.2. The zero-order chi connectivity index (χ0) is 18.9. The van der Waals surface area contributed by atoms with Gasteiger partial charge in [0.2, 0.25) is 0 Å². The minimum absolute atomic E-state index is 0.275. The molecule has 138 valence electrons. The zero-order valence-corrected chi connectivity index (χ0v) is 15.2. The number of rotatable bonds is 6. The Morgan fingerprint density at radius 1 is 1.07 bits per heavy atom. The molecule has 1 aliphatic heterocycles. The van der Waals surface area contributed by atoms with Crippen molar-refractivity contribution in [3.05, 3.63) is 77.6 Å². The molecule has 0 radical (unpaired) electrons. The van der Waals surface area contributed by atoms with Crippen molar-refractivity contribution in [3.63, 3.8) is 0 Å². The van der Waals surface area contributed by atoms with Crippen LogP contribution in [0.25, 0.3) is 0 Å². The van der Waals surface area contributed by atoms with Gasteiger partial charge in [-0.3, -0.25) is 9.48 Å². The Morgan fingerprint density at radius 2 is 1.81 bits per heavy atom.